The normalized spacial score (nSPS) is 11.2. The molecule has 0 spiro atoms. The number of hydrogen-bond acceptors (Lipinski definition) is 4. The van der Waals surface area contributed by atoms with Crippen LogP contribution in [-0.4, -0.2) is 26.7 Å². The molecule has 2 aromatic carbocycles. The van der Waals surface area contributed by atoms with Crippen molar-refractivity contribution < 1.29 is 4.74 Å². The standard InChI is InChI=1S/C16H11BrN4O/c1-22-11-7-5-10(6-8-11)15-19-16-12-3-2-4-13(17)14(12)18-9-21(16)20-15/h2-9H,1H3. The first kappa shape index (κ1) is 13.2. The van der Waals surface area contributed by atoms with Gasteiger partial charge in [0.2, 0.25) is 0 Å². The molecule has 2 heterocycles. The molecule has 0 atom stereocenters. The van der Waals surface area contributed by atoms with Gasteiger partial charge in [0.05, 0.1) is 12.6 Å². The highest BCUT2D eigenvalue weighted by Gasteiger charge is 2.11. The Hall–Kier alpha value is -2.47. The van der Waals surface area contributed by atoms with E-state index in [9.17, 15) is 0 Å². The quantitative estimate of drug-likeness (QED) is 0.550. The smallest absolute Gasteiger partial charge is 0.182 e. The highest BCUT2D eigenvalue weighted by atomic mass is 79.9. The van der Waals surface area contributed by atoms with Crippen molar-refractivity contribution in [3.63, 3.8) is 0 Å². The van der Waals surface area contributed by atoms with Gasteiger partial charge in [-0.25, -0.2) is 14.5 Å². The van der Waals surface area contributed by atoms with Crippen molar-refractivity contribution in [2.45, 2.75) is 0 Å². The minimum Gasteiger partial charge on any atom is -0.497 e. The van der Waals surface area contributed by atoms with E-state index in [1.54, 1.807) is 18.0 Å². The van der Waals surface area contributed by atoms with Gasteiger partial charge in [-0.1, -0.05) is 6.07 Å². The number of halogens is 1. The van der Waals surface area contributed by atoms with Gasteiger partial charge in [0.15, 0.2) is 11.5 Å². The van der Waals surface area contributed by atoms with Crippen LogP contribution in [-0.2, 0) is 0 Å². The summed E-state index contributed by atoms with van der Waals surface area (Å²) in [5.74, 6) is 1.47. The number of hydrogen-bond donors (Lipinski definition) is 0. The van der Waals surface area contributed by atoms with Crippen LogP contribution in [0.2, 0.25) is 0 Å². The van der Waals surface area contributed by atoms with Gasteiger partial charge in [0.25, 0.3) is 0 Å². The third-order valence-electron chi connectivity index (χ3n) is 3.50. The van der Waals surface area contributed by atoms with E-state index < -0.39 is 0 Å². The topological polar surface area (TPSA) is 52.3 Å². The van der Waals surface area contributed by atoms with Gasteiger partial charge in [0.1, 0.15) is 12.1 Å². The highest BCUT2D eigenvalue weighted by molar-refractivity contribution is 9.10. The number of methoxy groups -OCH3 is 1. The monoisotopic (exact) mass is 354 g/mol. The van der Waals surface area contributed by atoms with Crippen LogP contribution in [0.1, 0.15) is 0 Å². The van der Waals surface area contributed by atoms with Gasteiger partial charge in [-0.05, 0) is 52.3 Å². The van der Waals surface area contributed by atoms with Gasteiger partial charge < -0.3 is 4.74 Å². The Morgan fingerprint density at radius 1 is 1.09 bits per heavy atom. The molecule has 0 fully saturated rings. The minimum atomic E-state index is 0.664. The summed E-state index contributed by atoms with van der Waals surface area (Å²) in [6.07, 6.45) is 1.68. The third kappa shape index (κ3) is 2.03. The highest BCUT2D eigenvalue weighted by Crippen LogP contribution is 2.26. The van der Waals surface area contributed by atoms with Crippen molar-refractivity contribution in [1.29, 1.82) is 0 Å². The van der Waals surface area contributed by atoms with Crippen LogP contribution in [0.5, 0.6) is 5.75 Å². The molecule has 2 aromatic heterocycles. The average molecular weight is 355 g/mol. The Morgan fingerprint density at radius 3 is 2.68 bits per heavy atom. The Kier molecular flexibility index (Phi) is 3.04. The Labute approximate surface area is 134 Å². The largest absolute Gasteiger partial charge is 0.497 e. The second-order valence-electron chi connectivity index (χ2n) is 4.81. The fourth-order valence-electron chi connectivity index (χ4n) is 2.39. The van der Waals surface area contributed by atoms with E-state index >= 15 is 0 Å². The molecule has 0 radical (unpaired) electrons. The second kappa shape index (κ2) is 5.06. The van der Waals surface area contributed by atoms with Crippen molar-refractivity contribution in [3.05, 3.63) is 53.3 Å². The van der Waals surface area contributed by atoms with Crippen molar-refractivity contribution in [1.82, 2.24) is 19.6 Å². The molecule has 0 aliphatic carbocycles. The first-order chi connectivity index (χ1) is 10.8. The van der Waals surface area contributed by atoms with Crippen LogP contribution < -0.4 is 4.74 Å². The van der Waals surface area contributed by atoms with Crippen LogP contribution in [0.15, 0.2) is 53.3 Å². The van der Waals surface area contributed by atoms with Crippen LogP contribution in [0, 0.1) is 0 Å². The van der Waals surface area contributed by atoms with Crippen LogP contribution >= 0.6 is 15.9 Å². The molecule has 0 N–H and O–H groups in total. The zero-order chi connectivity index (χ0) is 15.1. The van der Waals surface area contributed by atoms with Crippen molar-refractivity contribution in [2.75, 3.05) is 7.11 Å². The second-order valence-corrected chi connectivity index (χ2v) is 5.67. The van der Waals surface area contributed by atoms with E-state index in [1.807, 2.05) is 42.5 Å². The van der Waals surface area contributed by atoms with E-state index in [1.165, 1.54) is 0 Å². The average Bonchev–Trinajstić information content (AvgIpc) is 3.00. The summed E-state index contributed by atoms with van der Waals surface area (Å²) in [6, 6.07) is 13.6. The van der Waals surface area contributed by atoms with Crippen LogP contribution in [0.25, 0.3) is 27.9 Å². The van der Waals surface area contributed by atoms with Gasteiger partial charge in [0, 0.05) is 15.4 Å². The summed E-state index contributed by atoms with van der Waals surface area (Å²) in [4.78, 5) is 9.09. The molecule has 22 heavy (non-hydrogen) atoms. The number of ether oxygens (including phenoxy) is 1. The molecule has 5 nitrogen and oxygen atoms in total. The van der Waals surface area contributed by atoms with Gasteiger partial charge in [-0.2, -0.15) is 0 Å². The summed E-state index contributed by atoms with van der Waals surface area (Å²) >= 11 is 3.52. The Bertz CT molecular complexity index is 979. The van der Waals surface area contributed by atoms with E-state index in [4.69, 9.17) is 4.74 Å². The van der Waals surface area contributed by atoms with Crippen molar-refractivity contribution in [3.8, 4) is 17.1 Å². The van der Waals surface area contributed by atoms with Crippen LogP contribution in [0.4, 0.5) is 0 Å². The summed E-state index contributed by atoms with van der Waals surface area (Å²) in [6.45, 7) is 0. The number of aromatic nitrogens is 4. The Morgan fingerprint density at radius 2 is 1.91 bits per heavy atom. The van der Waals surface area contributed by atoms with Crippen molar-refractivity contribution >= 4 is 32.5 Å². The van der Waals surface area contributed by atoms with E-state index in [0.29, 0.717) is 5.82 Å². The fourth-order valence-corrected chi connectivity index (χ4v) is 2.86. The maximum Gasteiger partial charge on any atom is 0.182 e. The lowest BCUT2D eigenvalue weighted by Gasteiger charge is -1.99. The minimum absolute atomic E-state index is 0.664. The lowest BCUT2D eigenvalue weighted by Crippen LogP contribution is -1.91. The van der Waals surface area contributed by atoms with E-state index in [2.05, 4.69) is 31.0 Å². The summed E-state index contributed by atoms with van der Waals surface area (Å²) in [5.41, 5.74) is 2.61. The number of rotatable bonds is 2. The number of benzene rings is 2. The molecule has 4 aromatic rings. The van der Waals surface area contributed by atoms with E-state index in [-0.39, 0.29) is 0 Å². The zero-order valence-corrected chi connectivity index (χ0v) is 13.3. The predicted octanol–water partition coefficient (Wildman–Crippen LogP) is 3.72. The lowest BCUT2D eigenvalue weighted by molar-refractivity contribution is 0.415. The molecule has 0 amide bonds. The summed E-state index contributed by atoms with van der Waals surface area (Å²) < 4.78 is 7.82. The molecule has 0 aliphatic rings. The number of fused-ring (bicyclic) bond motifs is 3. The lowest BCUT2D eigenvalue weighted by atomic mass is 10.2. The molecular formula is C16H11BrN4O. The maximum atomic E-state index is 5.17. The summed E-state index contributed by atoms with van der Waals surface area (Å²) in [5, 5.41) is 5.47. The molecule has 0 saturated heterocycles. The fraction of sp³-hybridized carbons (Fsp3) is 0.0625. The molecule has 0 saturated carbocycles. The number of para-hydroxylation sites is 1. The van der Waals surface area contributed by atoms with Gasteiger partial charge >= 0.3 is 0 Å². The Balaban J connectivity index is 1.93. The van der Waals surface area contributed by atoms with Crippen LogP contribution in [0.3, 0.4) is 0 Å². The summed E-state index contributed by atoms with van der Waals surface area (Å²) in [7, 11) is 1.65. The third-order valence-corrected chi connectivity index (χ3v) is 4.14. The SMILES string of the molecule is COc1ccc(-c2nc3c4cccc(Br)c4ncn3n2)cc1. The van der Waals surface area contributed by atoms with E-state index in [0.717, 1.165) is 32.3 Å². The molecule has 0 aliphatic heterocycles. The molecule has 0 bridgehead atoms. The molecule has 0 unspecified atom stereocenters. The molecule has 108 valence electrons. The maximum absolute atomic E-state index is 5.17. The first-order valence-electron chi connectivity index (χ1n) is 6.70. The van der Waals surface area contributed by atoms with Gasteiger partial charge in [-0.15, -0.1) is 5.10 Å². The molecule has 4 rings (SSSR count). The molecule has 6 heteroatoms. The zero-order valence-electron chi connectivity index (χ0n) is 11.7. The first-order valence-corrected chi connectivity index (χ1v) is 7.49. The van der Waals surface area contributed by atoms with Gasteiger partial charge in [-0.3, -0.25) is 0 Å². The predicted molar refractivity (Wildman–Crippen MR) is 88.0 cm³/mol. The molecular weight excluding hydrogens is 344 g/mol. The number of nitrogens with zero attached hydrogens (tertiary/aromatic N) is 4. The van der Waals surface area contributed by atoms with Crippen molar-refractivity contribution in [2.24, 2.45) is 0 Å².